The van der Waals surface area contributed by atoms with Crippen molar-refractivity contribution >= 4 is 27.2 Å². The zero-order chi connectivity index (χ0) is 13.9. The first-order valence-electron chi connectivity index (χ1n) is 4.95. The predicted molar refractivity (Wildman–Crippen MR) is 66.0 cm³/mol. The van der Waals surface area contributed by atoms with Crippen molar-refractivity contribution in [3.63, 3.8) is 0 Å². The average Bonchev–Trinajstić information content (AvgIpc) is 2.21. The average molecular weight is 276 g/mol. The molecule has 0 bridgehead atoms. The van der Waals surface area contributed by atoms with Crippen LogP contribution in [0.25, 0.3) is 0 Å². The van der Waals surface area contributed by atoms with Crippen LogP contribution in [0.2, 0.25) is 0 Å². The zero-order valence-corrected chi connectivity index (χ0v) is 10.4. The molecule has 8 heteroatoms. The van der Waals surface area contributed by atoms with Crippen molar-refractivity contribution in [2.45, 2.75) is 0 Å². The number of benzene rings is 1. The number of hydrogen-bond acceptors (Lipinski definition) is 5. The number of carboxylic acids is 1. The van der Waals surface area contributed by atoms with E-state index in [1.54, 1.807) is 0 Å². The number of aromatic carboxylic acids is 1. The monoisotopic (exact) mass is 276 g/mol. The van der Waals surface area contributed by atoms with Gasteiger partial charge < -0.3 is 16.2 Å². The Bertz CT molecular complexity index is 571. The van der Waals surface area contributed by atoms with Gasteiger partial charge in [0.15, 0.2) is 0 Å². The lowest BCUT2D eigenvalue weighted by Crippen LogP contribution is -2.17. The number of nitrogens with one attached hydrogen (secondary N) is 1. The van der Waals surface area contributed by atoms with E-state index in [1.165, 1.54) is 6.07 Å². The van der Waals surface area contributed by atoms with E-state index in [9.17, 15) is 17.6 Å². The Morgan fingerprint density at radius 2 is 2.11 bits per heavy atom. The summed E-state index contributed by atoms with van der Waals surface area (Å²) in [5.74, 6) is -2.38. The van der Waals surface area contributed by atoms with Crippen molar-refractivity contribution in [2.75, 3.05) is 29.6 Å². The van der Waals surface area contributed by atoms with Crippen LogP contribution < -0.4 is 11.1 Å². The van der Waals surface area contributed by atoms with Crippen molar-refractivity contribution < 1.29 is 22.7 Å². The summed E-state index contributed by atoms with van der Waals surface area (Å²) < 4.78 is 35.0. The molecule has 0 unspecified atom stereocenters. The number of carbonyl (C=O) groups is 1. The number of sulfone groups is 1. The van der Waals surface area contributed by atoms with Gasteiger partial charge in [-0.1, -0.05) is 0 Å². The molecule has 0 spiro atoms. The standard InChI is InChI=1S/C10H13FN2O4S/c1-18(16,17)5-4-13-7-3-2-6(11)9(12)8(7)10(14)15/h2-3,13H,4-5,12H2,1H3,(H,14,15). The quantitative estimate of drug-likeness (QED) is 0.678. The molecule has 0 saturated heterocycles. The topological polar surface area (TPSA) is 109 Å². The Morgan fingerprint density at radius 3 is 2.61 bits per heavy atom. The maximum absolute atomic E-state index is 13.1. The van der Waals surface area contributed by atoms with Gasteiger partial charge in [-0.05, 0) is 12.1 Å². The van der Waals surface area contributed by atoms with Crippen molar-refractivity contribution in [2.24, 2.45) is 0 Å². The molecule has 0 saturated carbocycles. The Hall–Kier alpha value is -1.83. The van der Waals surface area contributed by atoms with Gasteiger partial charge in [0.05, 0.1) is 17.1 Å². The van der Waals surface area contributed by atoms with Gasteiger partial charge in [-0.15, -0.1) is 0 Å². The van der Waals surface area contributed by atoms with Gasteiger partial charge >= 0.3 is 5.97 Å². The molecule has 0 fully saturated rings. The SMILES string of the molecule is CS(=O)(=O)CCNc1ccc(F)c(N)c1C(=O)O. The largest absolute Gasteiger partial charge is 0.478 e. The predicted octanol–water partition coefficient (Wildman–Crippen LogP) is 0.563. The molecule has 1 rings (SSSR count). The molecule has 4 N–H and O–H groups in total. The van der Waals surface area contributed by atoms with Crippen molar-refractivity contribution in [1.29, 1.82) is 0 Å². The maximum atomic E-state index is 13.1. The summed E-state index contributed by atoms with van der Waals surface area (Å²) in [5, 5.41) is 11.5. The van der Waals surface area contributed by atoms with Gasteiger partial charge in [0.1, 0.15) is 21.2 Å². The highest BCUT2D eigenvalue weighted by Crippen LogP contribution is 2.24. The van der Waals surface area contributed by atoms with E-state index in [-0.39, 0.29) is 18.0 Å². The summed E-state index contributed by atoms with van der Waals surface area (Å²) in [5.41, 5.74) is 4.54. The second kappa shape index (κ2) is 5.21. The number of halogens is 1. The number of nitrogens with two attached hydrogens (primary N) is 1. The van der Waals surface area contributed by atoms with Gasteiger partial charge in [0.25, 0.3) is 0 Å². The lowest BCUT2D eigenvalue weighted by atomic mass is 10.1. The first kappa shape index (κ1) is 14.2. The van der Waals surface area contributed by atoms with E-state index in [4.69, 9.17) is 10.8 Å². The Kier molecular flexibility index (Phi) is 4.12. The molecule has 0 heterocycles. The fraction of sp³-hybridized carbons (Fsp3) is 0.300. The highest BCUT2D eigenvalue weighted by atomic mass is 32.2. The van der Waals surface area contributed by atoms with Gasteiger partial charge in [0.2, 0.25) is 0 Å². The second-order valence-electron chi connectivity index (χ2n) is 3.75. The molecule has 0 amide bonds. The summed E-state index contributed by atoms with van der Waals surface area (Å²) in [6.45, 7) is 0.0180. The van der Waals surface area contributed by atoms with Gasteiger partial charge in [-0.25, -0.2) is 17.6 Å². The third-order valence-corrected chi connectivity index (χ3v) is 3.14. The van der Waals surface area contributed by atoms with E-state index >= 15 is 0 Å². The second-order valence-corrected chi connectivity index (χ2v) is 6.01. The van der Waals surface area contributed by atoms with E-state index in [2.05, 4.69) is 5.32 Å². The van der Waals surface area contributed by atoms with Crippen LogP contribution in [-0.4, -0.2) is 38.0 Å². The van der Waals surface area contributed by atoms with Crippen LogP contribution in [0, 0.1) is 5.82 Å². The van der Waals surface area contributed by atoms with Crippen LogP contribution >= 0.6 is 0 Å². The molecule has 100 valence electrons. The van der Waals surface area contributed by atoms with Crippen LogP contribution in [0.5, 0.6) is 0 Å². The minimum Gasteiger partial charge on any atom is -0.478 e. The van der Waals surface area contributed by atoms with Crippen LogP contribution in [0.4, 0.5) is 15.8 Å². The molecule has 1 aromatic rings. The zero-order valence-electron chi connectivity index (χ0n) is 9.60. The molecule has 18 heavy (non-hydrogen) atoms. The fourth-order valence-corrected chi connectivity index (χ4v) is 1.82. The fourth-order valence-electron chi connectivity index (χ4n) is 1.34. The maximum Gasteiger partial charge on any atom is 0.340 e. The first-order chi connectivity index (χ1) is 8.22. The van der Waals surface area contributed by atoms with Crippen LogP contribution in [0.15, 0.2) is 12.1 Å². The van der Waals surface area contributed by atoms with Crippen LogP contribution in [-0.2, 0) is 9.84 Å². The highest BCUT2D eigenvalue weighted by Gasteiger charge is 2.17. The Morgan fingerprint density at radius 1 is 1.50 bits per heavy atom. The van der Waals surface area contributed by atoms with Crippen LogP contribution in [0.1, 0.15) is 10.4 Å². The van der Waals surface area contributed by atoms with E-state index in [0.29, 0.717) is 0 Å². The van der Waals surface area contributed by atoms with Gasteiger partial charge in [-0.3, -0.25) is 0 Å². The molecule has 0 aliphatic carbocycles. The Balaban J connectivity index is 2.96. The minimum atomic E-state index is -3.16. The van der Waals surface area contributed by atoms with Crippen molar-refractivity contribution in [3.05, 3.63) is 23.5 Å². The molecule has 0 aromatic heterocycles. The molecular formula is C10H13FN2O4S. The number of carboxylic acid groups (broad SMARTS) is 1. The van der Waals surface area contributed by atoms with Crippen molar-refractivity contribution in [3.8, 4) is 0 Å². The molecule has 0 atom stereocenters. The smallest absolute Gasteiger partial charge is 0.340 e. The van der Waals surface area contributed by atoms with E-state index in [0.717, 1.165) is 12.3 Å². The first-order valence-corrected chi connectivity index (χ1v) is 7.01. The summed E-state index contributed by atoms with van der Waals surface area (Å²) in [6, 6.07) is 2.22. The van der Waals surface area contributed by atoms with Gasteiger partial charge in [0, 0.05) is 12.8 Å². The Labute approximate surface area is 104 Å². The number of anilines is 2. The minimum absolute atomic E-state index is 0.0180. The number of nitrogen functional groups attached to an aromatic ring is 1. The number of hydrogen-bond donors (Lipinski definition) is 3. The summed E-state index contributed by atoms with van der Waals surface area (Å²) >= 11 is 0. The summed E-state index contributed by atoms with van der Waals surface area (Å²) in [4.78, 5) is 10.9. The third kappa shape index (κ3) is 3.59. The van der Waals surface area contributed by atoms with E-state index in [1.807, 2.05) is 0 Å². The normalized spacial score (nSPS) is 11.2. The molecule has 0 radical (unpaired) electrons. The lowest BCUT2D eigenvalue weighted by Gasteiger charge is -2.11. The summed E-state index contributed by atoms with van der Waals surface area (Å²) in [6.07, 6.45) is 1.06. The van der Waals surface area contributed by atoms with Crippen molar-refractivity contribution in [1.82, 2.24) is 0 Å². The molecular weight excluding hydrogens is 263 g/mol. The molecule has 0 aliphatic rings. The molecule has 0 aliphatic heterocycles. The summed E-state index contributed by atoms with van der Waals surface area (Å²) in [7, 11) is -3.16. The highest BCUT2D eigenvalue weighted by molar-refractivity contribution is 7.90. The lowest BCUT2D eigenvalue weighted by molar-refractivity contribution is 0.0698. The molecule has 1 aromatic carbocycles. The van der Waals surface area contributed by atoms with E-state index < -0.39 is 32.9 Å². The van der Waals surface area contributed by atoms with Crippen LogP contribution in [0.3, 0.4) is 0 Å². The van der Waals surface area contributed by atoms with Gasteiger partial charge in [-0.2, -0.15) is 0 Å². The number of rotatable bonds is 5. The molecule has 6 nitrogen and oxygen atoms in total. The third-order valence-electron chi connectivity index (χ3n) is 2.19.